The van der Waals surface area contributed by atoms with Crippen LogP contribution in [0.25, 0.3) is 0 Å². The molecule has 1 atom stereocenters. The van der Waals surface area contributed by atoms with Crippen molar-refractivity contribution in [3.05, 3.63) is 47.2 Å². The van der Waals surface area contributed by atoms with E-state index in [2.05, 4.69) is 39.8 Å². The van der Waals surface area contributed by atoms with Gasteiger partial charge in [0.2, 0.25) is 0 Å². The average Bonchev–Trinajstić information content (AvgIpc) is 2.93. The average molecular weight is 268 g/mol. The molecule has 3 heterocycles. The third kappa shape index (κ3) is 2.26. The number of nitrogens with zero attached hydrogens (tertiary/aromatic N) is 4. The van der Waals surface area contributed by atoms with Gasteiger partial charge in [-0.2, -0.15) is 0 Å². The molecule has 0 aromatic carbocycles. The molecule has 1 aliphatic rings. The van der Waals surface area contributed by atoms with E-state index in [1.807, 2.05) is 25.4 Å². The Balaban J connectivity index is 2.01. The molecule has 4 nitrogen and oxygen atoms in total. The van der Waals surface area contributed by atoms with Crippen molar-refractivity contribution >= 4 is 5.82 Å². The molecule has 1 fully saturated rings. The van der Waals surface area contributed by atoms with Gasteiger partial charge < -0.3 is 4.90 Å². The van der Waals surface area contributed by atoms with Gasteiger partial charge in [0.25, 0.3) is 0 Å². The first kappa shape index (κ1) is 13.0. The van der Waals surface area contributed by atoms with Crippen LogP contribution in [-0.2, 0) is 0 Å². The summed E-state index contributed by atoms with van der Waals surface area (Å²) in [6, 6.07) is 4.55. The lowest BCUT2D eigenvalue weighted by atomic mass is 10.1. The number of hydrogen-bond donors (Lipinski definition) is 0. The van der Waals surface area contributed by atoms with Crippen LogP contribution >= 0.6 is 0 Å². The third-order valence-electron chi connectivity index (χ3n) is 4.07. The van der Waals surface area contributed by atoms with Crippen molar-refractivity contribution in [1.29, 1.82) is 0 Å². The first-order valence-corrected chi connectivity index (χ1v) is 7.15. The lowest BCUT2D eigenvalue weighted by Gasteiger charge is -2.27. The lowest BCUT2D eigenvalue weighted by molar-refractivity contribution is 0.702. The zero-order chi connectivity index (χ0) is 14.1. The van der Waals surface area contributed by atoms with E-state index >= 15 is 0 Å². The van der Waals surface area contributed by atoms with Gasteiger partial charge in [-0.25, -0.2) is 9.97 Å². The molecule has 0 amide bonds. The molecule has 1 aliphatic heterocycles. The van der Waals surface area contributed by atoms with E-state index in [9.17, 15) is 0 Å². The Kier molecular flexibility index (Phi) is 3.38. The Bertz CT molecular complexity index is 609. The van der Waals surface area contributed by atoms with Crippen molar-refractivity contribution in [3.8, 4) is 0 Å². The highest BCUT2D eigenvalue weighted by Gasteiger charge is 2.28. The van der Waals surface area contributed by atoms with Crippen LogP contribution in [0.3, 0.4) is 0 Å². The van der Waals surface area contributed by atoms with Gasteiger partial charge in [0.15, 0.2) is 0 Å². The van der Waals surface area contributed by atoms with Crippen LogP contribution in [-0.4, -0.2) is 21.5 Å². The second-order valence-corrected chi connectivity index (χ2v) is 5.44. The lowest BCUT2D eigenvalue weighted by Crippen LogP contribution is -2.25. The van der Waals surface area contributed by atoms with Crippen molar-refractivity contribution in [2.24, 2.45) is 0 Å². The number of hydrogen-bond acceptors (Lipinski definition) is 4. The van der Waals surface area contributed by atoms with E-state index in [0.29, 0.717) is 6.04 Å². The first-order chi connectivity index (χ1) is 9.66. The standard InChI is InChI=1S/C16H20N4/c1-11-12(2)18-13(3)19-16(11)20-9-5-7-15(20)14-6-4-8-17-10-14/h4,6,8,10,15H,5,7,9H2,1-3H3. The second-order valence-electron chi connectivity index (χ2n) is 5.44. The Morgan fingerprint density at radius 1 is 1.20 bits per heavy atom. The fraction of sp³-hybridized carbons (Fsp3) is 0.438. The molecule has 4 heteroatoms. The van der Waals surface area contributed by atoms with Gasteiger partial charge in [0, 0.05) is 30.2 Å². The van der Waals surface area contributed by atoms with Crippen LogP contribution in [0.15, 0.2) is 24.5 Å². The molecule has 0 radical (unpaired) electrons. The zero-order valence-corrected chi connectivity index (χ0v) is 12.3. The Labute approximate surface area is 119 Å². The van der Waals surface area contributed by atoms with Crippen LogP contribution in [0.1, 0.15) is 41.5 Å². The number of anilines is 1. The fourth-order valence-electron chi connectivity index (χ4n) is 2.97. The first-order valence-electron chi connectivity index (χ1n) is 7.15. The summed E-state index contributed by atoms with van der Waals surface area (Å²) in [5, 5.41) is 0. The largest absolute Gasteiger partial charge is 0.349 e. The summed E-state index contributed by atoms with van der Waals surface area (Å²) in [4.78, 5) is 15.8. The smallest absolute Gasteiger partial charge is 0.135 e. The maximum absolute atomic E-state index is 4.69. The van der Waals surface area contributed by atoms with Crippen molar-refractivity contribution in [2.45, 2.75) is 39.7 Å². The SMILES string of the molecule is Cc1nc(C)c(C)c(N2CCCC2c2cccnc2)n1. The van der Waals surface area contributed by atoms with Crippen LogP contribution < -0.4 is 4.90 Å². The highest BCUT2D eigenvalue weighted by Crippen LogP contribution is 2.36. The minimum atomic E-state index is 0.385. The highest BCUT2D eigenvalue weighted by molar-refractivity contribution is 5.51. The molecule has 0 saturated carbocycles. The van der Waals surface area contributed by atoms with Gasteiger partial charge in [-0.05, 0) is 45.2 Å². The molecule has 0 aliphatic carbocycles. The molecular formula is C16H20N4. The van der Waals surface area contributed by atoms with E-state index in [4.69, 9.17) is 0 Å². The molecule has 0 spiro atoms. The second kappa shape index (κ2) is 5.19. The van der Waals surface area contributed by atoms with E-state index in [1.165, 1.54) is 17.5 Å². The molecule has 1 unspecified atom stereocenters. The predicted molar refractivity (Wildman–Crippen MR) is 79.8 cm³/mol. The summed E-state index contributed by atoms with van der Waals surface area (Å²) in [5.74, 6) is 1.93. The van der Waals surface area contributed by atoms with E-state index < -0.39 is 0 Å². The Morgan fingerprint density at radius 3 is 2.80 bits per heavy atom. The number of pyridine rings is 1. The molecular weight excluding hydrogens is 248 g/mol. The maximum Gasteiger partial charge on any atom is 0.135 e. The normalized spacial score (nSPS) is 18.6. The Hall–Kier alpha value is -1.97. The molecule has 1 saturated heterocycles. The summed E-state index contributed by atoms with van der Waals surface area (Å²) in [6.07, 6.45) is 6.15. The zero-order valence-electron chi connectivity index (χ0n) is 12.3. The number of rotatable bonds is 2. The summed E-state index contributed by atoms with van der Waals surface area (Å²) in [6.45, 7) is 7.19. The van der Waals surface area contributed by atoms with Gasteiger partial charge in [-0.3, -0.25) is 4.98 Å². The topological polar surface area (TPSA) is 41.9 Å². The number of aryl methyl sites for hydroxylation is 2. The van der Waals surface area contributed by atoms with Crippen LogP contribution in [0.4, 0.5) is 5.82 Å². The van der Waals surface area contributed by atoms with Gasteiger partial charge in [-0.15, -0.1) is 0 Å². The fourth-order valence-corrected chi connectivity index (χ4v) is 2.97. The molecule has 2 aromatic heterocycles. The summed E-state index contributed by atoms with van der Waals surface area (Å²) in [5.41, 5.74) is 3.54. The van der Waals surface area contributed by atoms with E-state index in [1.54, 1.807) is 0 Å². The quantitative estimate of drug-likeness (QED) is 0.839. The molecule has 0 bridgehead atoms. The molecule has 20 heavy (non-hydrogen) atoms. The van der Waals surface area contributed by atoms with Crippen molar-refractivity contribution < 1.29 is 0 Å². The molecule has 0 N–H and O–H groups in total. The van der Waals surface area contributed by atoms with Gasteiger partial charge >= 0.3 is 0 Å². The van der Waals surface area contributed by atoms with Gasteiger partial charge in [-0.1, -0.05) is 6.07 Å². The summed E-state index contributed by atoms with van der Waals surface area (Å²) < 4.78 is 0. The molecule has 2 aromatic rings. The monoisotopic (exact) mass is 268 g/mol. The summed E-state index contributed by atoms with van der Waals surface area (Å²) in [7, 11) is 0. The van der Waals surface area contributed by atoms with Crippen molar-refractivity contribution in [3.63, 3.8) is 0 Å². The van der Waals surface area contributed by atoms with E-state index in [-0.39, 0.29) is 0 Å². The molecule has 3 rings (SSSR count). The van der Waals surface area contributed by atoms with Gasteiger partial charge in [0.1, 0.15) is 11.6 Å². The molecule has 104 valence electrons. The van der Waals surface area contributed by atoms with Crippen molar-refractivity contribution in [2.75, 3.05) is 11.4 Å². The highest BCUT2D eigenvalue weighted by atomic mass is 15.2. The van der Waals surface area contributed by atoms with Crippen LogP contribution in [0.5, 0.6) is 0 Å². The van der Waals surface area contributed by atoms with E-state index in [0.717, 1.165) is 30.3 Å². The van der Waals surface area contributed by atoms with Crippen LogP contribution in [0, 0.1) is 20.8 Å². The Morgan fingerprint density at radius 2 is 2.05 bits per heavy atom. The minimum absolute atomic E-state index is 0.385. The van der Waals surface area contributed by atoms with Crippen LogP contribution in [0.2, 0.25) is 0 Å². The third-order valence-corrected chi connectivity index (χ3v) is 4.07. The number of aromatic nitrogens is 3. The minimum Gasteiger partial charge on any atom is -0.349 e. The maximum atomic E-state index is 4.69. The predicted octanol–water partition coefficient (Wildman–Crippen LogP) is 3.14. The van der Waals surface area contributed by atoms with Gasteiger partial charge in [0.05, 0.1) is 6.04 Å². The summed E-state index contributed by atoms with van der Waals surface area (Å²) >= 11 is 0. The van der Waals surface area contributed by atoms with Crippen molar-refractivity contribution in [1.82, 2.24) is 15.0 Å².